The molecule has 2 aliphatic heterocycles. The molecule has 2 aromatic heterocycles. The lowest BCUT2D eigenvalue weighted by Crippen LogP contribution is -2.34. The Hall–Kier alpha value is -3.73. The van der Waals surface area contributed by atoms with E-state index in [4.69, 9.17) is 21.0 Å². The normalized spacial score (nSPS) is 16.5. The highest BCUT2D eigenvalue weighted by atomic mass is 35.5. The molecule has 0 radical (unpaired) electrons. The summed E-state index contributed by atoms with van der Waals surface area (Å²) in [5, 5.41) is 15.7. The van der Waals surface area contributed by atoms with Gasteiger partial charge in [0.05, 0.1) is 16.2 Å². The topological polar surface area (TPSA) is 126 Å². The zero-order valence-electron chi connectivity index (χ0n) is 19.8. The zero-order chi connectivity index (χ0) is 24.9. The first-order valence-corrected chi connectivity index (χ1v) is 12.5. The van der Waals surface area contributed by atoms with E-state index in [1.165, 1.54) is 37.3 Å². The minimum absolute atomic E-state index is 0.0634. The van der Waals surface area contributed by atoms with Gasteiger partial charge >= 0.3 is 0 Å². The molecule has 36 heavy (non-hydrogen) atoms. The fourth-order valence-corrected chi connectivity index (χ4v) is 4.62. The Morgan fingerprint density at radius 2 is 1.58 bits per heavy atom. The van der Waals surface area contributed by atoms with Crippen LogP contribution >= 0.6 is 11.6 Å². The number of nitro benzene ring substituents is 1. The van der Waals surface area contributed by atoms with Crippen molar-refractivity contribution >= 4 is 41.3 Å². The predicted molar refractivity (Wildman–Crippen MR) is 139 cm³/mol. The molecule has 0 spiro atoms. The summed E-state index contributed by atoms with van der Waals surface area (Å²) < 4.78 is 5.80. The van der Waals surface area contributed by atoms with Crippen LogP contribution in [0.1, 0.15) is 44.3 Å². The third-order valence-corrected chi connectivity index (χ3v) is 6.63. The van der Waals surface area contributed by atoms with Gasteiger partial charge < -0.3 is 14.2 Å². The maximum atomic E-state index is 11.1. The van der Waals surface area contributed by atoms with Crippen LogP contribution in [0, 0.1) is 10.1 Å². The SMILES string of the molecule is O=[N+]([O-])c1ccc(Cl)c(-c2ccc(/C=N/Nc3nc(N4CCCCC4)nc(N4CCCCC4)n3)o2)c1. The van der Waals surface area contributed by atoms with Crippen LogP contribution in [0.4, 0.5) is 23.5 Å². The van der Waals surface area contributed by atoms with Gasteiger partial charge in [0.2, 0.25) is 17.8 Å². The molecule has 0 saturated carbocycles. The Morgan fingerprint density at radius 3 is 2.19 bits per heavy atom. The van der Waals surface area contributed by atoms with Gasteiger partial charge in [-0.2, -0.15) is 20.1 Å². The summed E-state index contributed by atoms with van der Waals surface area (Å²) in [6.07, 6.45) is 8.45. The standard InChI is InChI=1S/C24H27ClN8O3/c25-20-9-7-17(33(34)35)15-19(20)21-10-8-18(36-21)16-26-30-22-27-23(31-11-3-1-4-12-31)29-24(28-22)32-13-5-2-6-14-32/h7-10,15-16H,1-6,11-14H2,(H,27,28,29,30)/b26-16+. The van der Waals surface area contributed by atoms with Crippen LogP contribution in [0.3, 0.4) is 0 Å². The molecule has 0 bridgehead atoms. The van der Waals surface area contributed by atoms with E-state index in [9.17, 15) is 10.1 Å². The maximum absolute atomic E-state index is 11.1. The number of halogens is 1. The Morgan fingerprint density at radius 1 is 0.944 bits per heavy atom. The highest BCUT2D eigenvalue weighted by Crippen LogP contribution is 2.32. The van der Waals surface area contributed by atoms with Crippen LogP contribution in [0.5, 0.6) is 0 Å². The number of hydrazone groups is 1. The molecule has 2 aliphatic rings. The maximum Gasteiger partial charge on any atom is 0.270 e. The van der Waals surface area contributed by atoms with Crippen LogP contribution < -0.4 is 15.2 Å². The average molecular weight is 511 g/mol. The van der Waals surface area contributed by atoms with Gasteiger partial charge in [0.25, 0.3) is 5.69 Å². The van der Waals surface area contributed by atoms with Crippen molar-refractivity contribution < 1.29 is 9.34 Å². The van der Waals surface area contributed by atoms with E-state index < -0.39 is 4.92 Å². The number of piperidine rings is 2. The van der Waals surface area contributed by atoms with Gasteiger partial charge in [-0.05, 0) is 56.7 Å². The number of hydrogen-bond donors (Lipinski definition) is 1. The Balaban J connectivity index is 1.34. The van der Waals surface area contributed by atoms with Gasteiger partial charge in [-0.15, -0.1) is 0 Å². The van der Waals surface area contributed by atoms with Gasteiger partial charge in [-0.25, -0.2) is 5.43 Å². The fourth-order valence-electron chi connectivity index (χ4n) is 4.41. The van der Waals surface area contributed by atoms with Gasteiger partial charge in [0, 0.05) is 43.9 Å². The van der Waals surface area contributed by atoms with Crippen LogP contribution in [-0.4, -0.2) is 52.3 Å². The van der Waals surface area contributed by atoms with Gasteiger partial charge in [-0.3, -0.25) is 10.1 Å². The average Bonchev–Trinajstić information content (AvgIpc) is 3.38. The smallest absolute Gasteiger partial charge is 0.270 e. The van der Waals surface area contributed by atoms with Crippen molar-refractivity contribution in [1.82, 2.24) is 15.0 Å². The molecular formula is C24H27ClN8O3. The lowest BCUT2D eigenvalue weighted by Gasteiger charge is -2.30. The molecule has 1 aromatic carbocycles. The van der Waals surface area contributed by atoms with Crippen LogP contribution in [0.2, 0.25) is 5.02 Å². The Bertz CT molecular complexity index is 1220. The monoisotopic (exact) mass is 510 g/mol. The number of nitrogens with one attached hydrogen (secondary N) is 1. The number of benzene rings is 1. The molecule has 0 amide bonds. The Kier molecular flexibility index (Phi) is 7.26. The zero-order valence-corrected chi connectivity index (χ0v) is 20.5. The van der Waals surface area contributed by atoms with E-state index in [0.29, 0.717) is 40.0 Å². The third-order valence-electron chi connectivity index (χ3n) is 6.30. The summed E-state index contributed by atoms with van der Waals surface area (Å²) in [5.74, 6) is 2.56. The number of furan rings is 1. The molecule has 1 N–H and O–H groups in total. The van der Waals surface area contributed by atoms with Crippen LogP contribution in [-0.2, 0) is 0 Å². The minimum Gasteiger partial charge on any atom is -0.455 e. The number of nitrogens with zero attached hydrogens (tertiary/aromatic N) is 7. The molecule has 3 aromatic rings. The number of non-ortho nitro benzene ring substituents is 1. The van der Waals surface area contributed by atoms with Gasteiger partial charge in [0.15, 0.2) is 0 Å². The second-order valence-corrected chi connectivity index (χ2v) is 9.25. The largest absolute Gasteiger partial charge is 0.455 e. The van der Waals surface area contributed by atoms with Gasteiger partial charge in [-0.1, -0.05) is 11.6 Å². The molecule has 2 saturated heterocycles. The number of anilines is 3. The molecule has 11 nitrogen and oxygen atoms in total. The summed E-state index contributed by atoms with van der Waals surface area (Å²) in [7, 11) is 0. The van der Waals surface area contributed by atoms with Crippen molar-refractivity contribution in [2.45, 2.75) is 38.5 Å². The lowest BCUT2D eigenvalue weighted by atomic mass is 10.1. The quantitative estimate of drug-likeness (QED) is 0.262. The Labute approximate surface area is 213 Å². The third kappa shape index (κ3) is 5.56. The highest BCUT2D eigenvalue weighted by Gasteiger charge is 2.20. The second-order valence-electron chi connectivity index (χ2n) is 8.85. The van der Waals surface area contributed by atoms with Crippen LogP contribution in [0.25, 0.3) is 11.3 Å². The molecule has 4 heterocycles. The molecule has 0 atom stereocenters. The van der Waals surface area contributed by atoms with Crippen molar-refractivity contribution in [3.8, 4) is 11.3 Å². The van der Waals surface area contributed by atoms with Crippen molar-refractivity contribution in [2.24, 2.45) is 5.10 Å². The molecule has 2 fully saturated rings. The van der Waals surface area contributed by atoms with E-state index in [2.05, 4.69) is 30.3 Å². The first kappa shape index (κ1) is 24.0. The van der Waals surface area contributed by atoms with E-state index >= 15 is 0 Å². The molecule has 0 aliphatic carbocycles. The predicted octanol–water partition coefficient (Wildman–Crippen LogP) is 5.12. The molecule has 188 valence electrons. The molecule has 0 unspecified atom stereocenters. The van der Waals surface area contributed by atoms with Gasteiger partial charge in [0.1, 0.15) is 11.5 Å². The van der Waals surface area contributed by atoms with Crippen molar-refractivity contribution in [1.29, 1.82) is 0 Å². The van der Waals surface area contributed by atoms with E-state index in [-0.39, 0.29) is 5.69 Å². The fraction of sp³-hybridized carbons (Fsp3) is 0.417. The van der Waals surface area contributed by atoms with E-state index in [0.717, 1.165) is 51.9 Å². The minimum atomic E-state index is -0.472. The second kappa shape index (κ2) is 10.9. The highest BCUT2D eigenvalue weighted by molar-refractivity contribution is 6.33. The summed E-state index contributed by atoms with van der Waals surface area (Å²) in [6.45, 7) is 3.73. The van der Waals surface area contributed by atoms with Crippen molar-refractivity contribution in [3.63, 3.8) is 0 Å². The van der Waals surface area contributed by atoms with Crippen molar-refractivity contribution in [3.05, 3.63) is 51.2 Å². The first-order valence-electron chi connectivity index (χ1n) is 12.2. The lowest BCUT2D eigenvalue weighted by molar-refractivity contribution is -0.384. The summed E-state index contributed by atoms with van der Waals surface area (Å²) in [4.78, 5) is 29.0. The van der Waals surface area contributed by atoms with Crippen LogP contribution in [0.15, 0.2) is 39.9 Å². The summed E-state index contributed by atoms with van der Waals surface area (Å²) in [6, 6.07) is 7.62. The molecule has 5 rings (SSSR count). The number of hydrogen-bond acceptors (Lipinski definition) is 10. The number of nitro groups is 1. The molecular weight excluding hydrogens is 484 g/mol. The number of aromatic nitrogens is 3. The van der Waals surface area contributed by atoms with Crippen molar-refractivity contribution in [2.75, 3.05) is 41.4 Å². The van der Waals surface area contributed by atoms with E-state index in [1.807, 2.05) is 0 Å². The molecule has 12 heteroatoms. The number of rotatable bonds is 7. The van der Waals surface area contributed by atoms with E-state index in [1.54, 1.807) is 12.1 Å². The summed E-state index contributed by atoms with van der Waals surface area (Å²) >= 11 is 6.23. The summed E-state index contributed by atoms with van der Waals surface area (Å²) in [5.41, 5.74) is 3.29. The first-order chi connectivity index (χ1) is 17.6.